The van der Waals surface area contributed by atoms with Gasteiger partial charge < -0.3 is 10.6 Å². The summed E-state index contributed by atoms with van der Waals surface area (Å²) in [6, 6.07) is 13.1. The van der Waals surface area contributed by atoms with E-state index in [0.717, 1.165) is 30.5 Å². The second kappa shape index (κ2) is 9.28. The zero-order valence-electron chi connectivity index (χ0n) is 15.6. The number of amides is 2. The van der Waals surface area contributed by atoms with Crippen LogP contribution < -0.4 is 10.6 Å². The highest BCUT2D eigenvalue weighted by Gasteiger charge is 2.38. The van der Waals surface area contributed by atoms with Crippen LogP contribution in [0.3, 0.4) is 0 Å². The molecule has 0 aliphatic carbocycles. The first-order chi connectivity index (χ1) is 13.2. The molecule has 3 rings (SSSR count). The highest BCUT2D eigenvalue weighted by molar-refractivity contribution is 5.85. The van der Waals surface area contributed by atoms with E-state index in [1.165, 1.54) is 0 Å². The van der Waals surface area contributed by atoms with Gasteiger partial charge in [-0.05, 0) is 43.0 Å². The molecule has 2 atom stereocenters. The molecule has 1 aromatic carbocycles. The molecular formula is C21H26N4O2. The molecule has 1 fully saturated rings. The minimum atomic E-state index is -0.353. The molecule has 2 N–H and O–H groups in total. The van der Waals surface area contributed by atoms with Crippen molar-refractivity contribution in [1.82, 2.24) is 20.5 Å². The maximum absolute atomic E-state index is 12.8. The van der Waals surface area contributed by atoms with Crippen molar-refractivity contribution >= 4 is 11.8 Å². The minimum absolute atomic E-state index is 0.0293. The number of likely N-dealkylation sites (N-methyl/N-ethyl adjacent to an activating group) is 1. The van der Waals surface area contributed by atoms with Gasteiger partial charge in [0.1, 0.15) is 0 Å². The van der Waals surface area contributed by atoms with Crippen molar-refractivity contribution in [3.8, 4) is 0 Å². The number of benzene rings is 1. The van der Waals surface area contributed by atoms with Gasteiger partial charge in [0.2, 0.25) is 11.8 Å². The second-order valence-electron chi connectivity index (χ2n) is 6.79. The summed E-state index contributed by atoms with van der Waals surface area (Å²) < 4.78 is 0. The van der Waals surface area contributed by atoms with Gasteiger partial charge in [-0.2, -0.15) is 0 Å². The zero-order valence-corrected chi connectivity index (χ0v) is 15.6. The van der Waals surface area contributed by atoms with Gasteiger partial charge in [0, 0.05) is 26.0 Å². The number of pyridine rings is 1. The minimum Gasteiger partial charge on any atom is -0.358 e. The van der Waals surface area contributed by atoms with Gasteiger partial charge in [0.15, 0.2) is 0 Å². The molecule has 27 heavy (non-hydrogen) atoms. The van der Waals surface area contributed by atoms with Crippen LogP contribution in [0.15, 0.2) is 54.9 Å². The first kappa shape index (κ1) is 19.0. The topological polar surface area (TPSA) is 74.3 Å². The summed E-state index contributed by atoms with van der Waals surface area (Å²) >= 11 is 0. The summed E-state index contributed by atoms with van der Waals surface area (Å²) in [7, 11) is 1.65. The van der Waals surface area contributed by atoms with Gasteiger partial charge in [-0.15, -0.1) is 0 Å². The summed E-state index contributed by atoms with van der Waals surface area (Å²) in [5.41, 5.74) is 2.05. The van der Waals surface area contributed by atoms with Crippen LogP contribution in [0.5, 0.6) is 0 Å². The molecular weight excluding hydrogens is 340 g/mol. The third-order valence-corrected chi connectivity index (χ3v) is 5.01. The third kappa shape index (κ3) is 4.92. The summed E-state index contributed by atoms with van der Waals surface area (Å²) in [6.45, 7) is 1.19. The molecule has 0 radical (unpaired) electrons. The lowest BCUT2D eigenvalue weighted by molar-refractivity contribution is -0.131. The Bertz CT molecular complexity index is 751. The van der Waals surface area contributed by atoms with Crippen LogP contribution in [0.2, 0.25) is 0 Å². The van der Waals surface area contributed by atoms with E-state index in [2.05, 4.69) is 15.6 Å². The van der Waals surface area contributed by atoms with Gasteiger partial charge in [-0.3, -0.25) is 19.5 Å². The van der Waals surface area contributed by atoms with Crippen LogP contribution in [0.1, 0.15) is 24.0 Å². The summed E-state index contributed by atoms with van der Waals surface area (Å²) in [4.78, 5) is 31.5. The average Bonchev–Trinajstić information content (AvgIpc) is 3.21. The van der Waals surface area contributed by atoms with Gasteiger partial charge in [0.25, 0.3) is 0 Å². The Kier molecular flexibility index (Phi) is 6.54. The summed E-state index contributed by atoms with van der Waals surface area (Å²) in [5, 5.41) is 5.75. The molecule has 1 saturated heterocycles. The molecule has 1 aliphatic heterocycles. The molecule has 1 aliphatic rings. The number of rotatable bonds is 7. The molecule has 2 heterocycles. The van der Waals surface area contributed by atoms with Crippen LogP contribution in [0.4, 0.5) is 0 Å². The van der Waals surface area contributed by atoms with Crippen molar-refractivity contribution in [3.05, 3.63) is 66.0 Å². The Balaban J connectivity index is 1.69. The van der Waals surface area contributed by atoms with Crippen molar-refractivity contribution in [2.75, 3.05) is 13.6 Å². The van der Waals surface area contributed by atoms with Crippen molar-refractivity contribution in [1.29, 1.82) is 0 Å². The lowest BCUT2D eigenvalue weighted by atomic mass is 10.0. The first-order valence-corrected chi connectivity index (χ1v) is 9.37. The SMILES string of the molecule is CNC(=O)[C@@H](Cc1ccccc1)N1CCC[C@H]1C(=O)NCc1cccnc1. The van der Waals surface area contributed by atoms with Crippen LogP contribution >= 0.6 is 0 Å². The third-order valence-electron chi connectivity index (χ3n) is 5.01. The first-order valence-electron chi connectivity index (χ1n) is 9.37. The quantitative estimate of drug-likeness (QED) is 0.779. The van der Waals surface area contributed by atoms with E-state index >= 15 is 0 Å². The standard InChI is InChI=1S/C21H26N4O2/c1-22-20(26)19(13-16-7-3-2-4-8-16)25-12-6-10-18(25)21(27)24-15-17-9-5-11-23-14-17/h2-5,7-9,11,14,18-19H,6,10,12-13,15H2,1H3,(H,22,26)(H,24,27)/t18-,19+/m0/s1. The van der Waals surface area contributed by atoms with Crippen LogP contribution in [-0.2, 0) is 22.6 Å². The van der Waals surface area contributed by atoms with E-state index in [1.807, 2.05) is 47.4 Å². The summed E-state index contributed by atoms with van der Waals surface area (Å²) in [6.07, 6.45) is 5.72. The Morgan fingerprint density at radius 1 is 1.19 bits per heavy atom. The number of likely N-dealkylation sites (tertiary alicyclic amines) is 1. The Hall–Kier alpha value is -2.73. The molecule has 6 heteroatoms. The number of aromatic nitrogens is 1. The molecule has 0 unspecified atom stereocenters. The maximum Gasteiger partial charge on any atom is 0.237 e. The lowest BCUT2D eigenvalue weighted by Gasteiger charge is -2.31. The normalized spacial score (nSPS) is 18.0. The van der Waals surface area contributed by atoms with Gasteiger partial charge in [-0.25, -0.2) is 0 Å². The number of nitrogens with one attached hydrogen (secondary N) is 2. The summed E-state index contributed by atoms with van der Waals surface area (Å²) in [5.74, 6) is -0.0795. The highest BCUT2D eigenvalue weighted by atomic mass is 16.2. The van der Waals surface area contributed by atoms with Gasteiger partial charge in [-0.1, -0.05) is 36.4 Å². The number of carbonyl (C=O) groups excluding carboxylic acids is 2. The fourth-order valence-corrected chi connectivity index (χ4v) is 3.62. The number of carbonyl (C=O) groups is 2. The van der Waals surface area contributed by atoms with E-state index in [9.17, 15) is 9.59 Å². The monoisotopic (exact) mass is 366 g/mol. The van der Waals surface area contributed by atoms with E-state index in [-0.39, 0.29) is 23.9 Å². The highest BCUT2D eigenvalue weighted by Crippen LogP contribution is 2.23. The number of hydrogen-bond donors (Lipinski definition) is 2. The van der Waals surface area contributed by atoms with Crippen molar-refractivity contribution in [2.45, 2.75) is 37.9 Å². The van der Waals surface area contributed by atoms with Crippen LogP contribution in [-0.4, -0.2) is 47.4 Å². The molecule has 6 nitrogen and oxygen atoms in total. The zero-order chi connectivity index (χ0) is 19.1. The molecule has 2 amide bonds. The molecule has 2 aromatic rings. The van der Waals surface area contributed by atoms with Crippen LogP contribution in [0.25, 0.3) is 0 Å². The average molecular weight is 366 g/mol. The van der Waals surface area contributed by atoms with E-state index in [4.69, 9.17) is 0 Å². The van der Waals surface area contributed by atoms with Crippen molar-refractivity contribution in [2.24, 2.45) is 0 Å². The van der Waals surface area contributed by atoms with Crippen LogP contribution in [0, 0.1) is 0 Å². The van der Waals surface area contributed by atoms with Crippen molar-refractivity contribution in [3.63, 3.8) is 0 Å². The van der Waals surface area contributed by atoms with E-state index in [1.54, 1.807) is 19.4 Å². The molecule has 0 saturated carbocycles. The van der Waals surface area contributed by atoms with E-state index in [0.29, 0.717) is 13.0 Å². The maximum atomic E-state index is 12.8. The van der Waals surface area contributed by atoms with E-state index < -0.39 is 0 Å². The molecule has 142 valence electrons. The molecule has 0 spiro atoms. The fourth-order valence-electron chi connectivity index (χ4n) is 3.62. The van der Waals surface area contributed by atoms with Crippen molar-refractivity contribution < 1.29 is 9.59 Å². The Morgan fingerprint density at radius 3 is 2.67 bits per heavy atom. The smallest absolute Gasteiger partial charge is 0.237 e. The largest absolute Gasteiger partial charge is 0.358 e. The Labute approximate surface area is 160 Å². The predicted molar refractivity (Wildman–Crippen MR) is 104 cm³/mol. The lowest BCUT2D eigenvalue weighted by Crippen LogP contribution is -2.53. The van der Waals surface area contributed by atoms with Gasteiger partial charge >= 0.3 is 0 Å². The Morgan fingerprint density at radius 2 is 1.96 bits per heavy atom. The molecule has 1 aromatic heterocycles. The molecule has 0 bridgehead atoms. The number of nitrogens with zero attached hydrogens (tertiary/aromatic N) is 2. The predicted octanol–water partition coefficient (Wildman–Crippen LogP) is 1.52. The van der Waals surface area contributed by atoms with Gasteiger partial charge in [0.05, 0.1) is 12.1 Å². The fraction of sp³-hybridized carbons (Fsp3) is 0.381. The number of hydrogen-bond acceptors (Lipinski definition) is 4. The second-order valence-corrected chi connectivity index (χ2v) is 6.79.